The van der Waals surface area contributed by atoms with Gasteiger partial charge in [-0.2, -0.15) is 0 Å². The SMILES string of the molecule is C=O.Cc1ccc(-c2ccc(O)cc2)cc1. The topological polar surface area (TPSA) is 37.3 Å². The smallest absolute Gasteiger partial charge is 0.115 e. The van der Waals surface area contributed by atoms with Crippen molar-refractivity contribution in [2.45, 2.75) is 6.92 Å². The average molecular weight is 214 g/mol. The minimum Gasteiger partial charge on any atom is -0.508 e. The Morgan fingerprint density at radius 2 is 1.19 bits per heavy atom. The van der Waals surface area contributed by atoms with Crippen LogP contribution in [0, 0.1) is 6.92 Å². The third kappa shape index (κ3) is 2.95. The lowest BCUT2D eigenvalue weighted by Gasteiger charge is -2.01. The first-order valence-corrected chi connectivity index (χ1v) is 4.91. The summed E-state index contributed by atoms with van der Waals surface area (Å²) >= 11 is 0. The van der Waals surface area contributed by atoms with Crippen molar-refractivity contribution >= 4 is 6.79 Å². The number of aryl methyl sites for hydroxylation is 1. The van der Waals surface area contributed by atoms with Gasteiger partial charge in [-0.15, -0.1) is 0 Å². The highest BCUT2D eigenvalue weighted by molar-refractivity contribution is 5.64. The summed E-state index contributed by atoms with van der Waals surface area (Å²) in [7, 11) is 0. The lowest BCUT2D eigenvalue weighted by Crippen LogP contribution is -1.77. The molecule has 0 atom stereocenters. The molecule has 0 bridgehead atoms. The van der Waals surface area contributed by atoms with E-state index in [2.05, 4.69) is 31.2 Å². The van der Waals surface area contributed by atoms with Crippen molar-refractivity contribution in [3.63, 3.8) is 0 Å². The van der Waals surface area contributed by atoms with E-state index in [1.54, 1.807) is 12.1 Å². The van der Waals surface area contributed by atoms with E-state index in [0.29, 0.717) is 5.75 Å². The number of benzene rings is 2. The molecule has 82 valence electrons. The molecule has 0 saturated carbocycles. The van der Waals surface area contributed by atoms with Gasteiger partial charge < -0.3 is 9.90 Å². The molecule has 0 saturated heterocycles. The summed E-state index contributed by atoms with van der Waals surface area (Å²) in [4.78, 5) is 8.00. The van der Waals surface area contributed by atoms with E-state index < -0.39 is 0 Å². The maximum atomic E-state index is 9.15. The van der Waals surface area contributed by atoms with Crippen LogP contribution in [0.4, 0.5) is 0 Å². The van der Waals surface area contributed by atoms with Crippen LogP contribution in [0.25, 0.3) is 11.1 Å². The van der Waals surface area contributed by atoms with Crippen LogP contribution in [0.1, 0.15) is 5.56 Å². The van der Waals surface area contributed by atoms with Gasteiger partial charge in [0.2, 0.25) is 0 Å². The molecule has 0 unspecified atom stereocenters. The number of phenolic OH excluding ortho intramolecular Hbond substituents is 1. The van der Waals surface area contributed by atoms with E-state index in [9.17, 15) is 0 Å². The molecule has 0 aliphatic rings. The van der Waals surface area contributed by atoms with Gasteiger partial charge in [-0.3, -0.25) is 0 Å². The Balaban J connectivity index is 0.000000606. The van der Waals surface area contributed by atoms with Gasteiger partial charge in [0.05, 0.1) is 0 Å². The van der Waals surface area contributed by atoms with Gasteiger partial charge in [-0.05, 0) is 30.2 Å². The summed E-state index contributed by atoms with van der Waals surface area (Å²) in [5, 5.41) is 9.15. The van der Waals surface area contributed by atoms with Gasteiger partial charge in [0, 0.05) is 0 Å². The molecular weight excluding hydrogens is 200 g/mol. The first kappa shape index (κ1) is 12.0. The Morgan fingerprint density at radius 3 is 1.62 bits per heavy atom. The van der Waals surface area contributed by atoms with Crippen LogP contribution < -0.4 is 0 Å². The molecule has 0 heterocycles. The van der Waals surface area contributed by atoms with Crippen LogP contribution in [-0.4, -0.2) is 11.9 Å². The number of hydrogen-bond acceptors (Lipinski definition) is 2. The highest BCUT2D eigenvalue weighted by atomic mass is 16.3. The van der Waals surface area contributed by atoms with E-state index in [0.717, 1.165) is 5.56 Å². The zero-order valence-corrected chi connectivity index (χ0v) is 9.18. The molecule has 2 heteroatoms. The summed E-state index contributed by atoms with van der Waals surface area (Å²) in [6.07, 6.45) is 0. The average Bonchev–Trinajstić information content (AvgIpc) is 2.34. The van der Waals surface area contributed by atoms with Gasteiger partial charge in [0.25, 0.3) is 0 Å². The maximum Gasteiger partial charge on any atom is 0.115 e. The Kier molecular flexibility index (Phi) is 4.28. The standard InChI is InChI=1S/C13H12O.CH2O/c1-10-2-4-11(5-3-10)12-6-8-13(14)9-7-12;1-2/h2-9,14H,1H3;1H2. The molecule has 2 nitrogen and oxygen atoms in total. The lowest BCUT2D eigenvalue weighted by molar-refractivity contribution is -0.0979. The Morgan fingerprint density at radius 1 is 0.812 bits per heavy atom. The van der Waals surface area contributed by atoms with Crippen LogP contribution in [-0.2, 0) is 4.79 Å². The third-order valence-electron chi connectivity index (χ3n) is 2.25. The molecule has 0 aliphatic carbocycles. The summed E-state index contributed by atoms with van der Waals surface area (Å²) in [6, 6.07) is 15.6. The molecule has 0 aromatic heterocycles. The van der Waals surface area contributed by atoms with E-state index in [1.807, 2.05) is 18.9 Å². The Hall–Kier alpha value is -2.09. The van der Waals surface area contributed by atoms with Gasteiger partial charge in [-0.1, -0.05) is 42.0 Å². The van der Waals surface area contributed by atoms with Crippen molar-refractivity contribution < 1.29 is 9.90 Å². The summed E-state index contributed by atoms with van der Waals surface area (Å²) in [6.45, 7) is 4.07. The van der Waals surface area contributed by atoms with Gasteiger partial charge >= 0.3 is 0 Å². The Labute approximate surface area is 95.2 Å². The fourth-order valence-corrected chi connectivity index (χ4v) is 1.40. The quantitative estimate of drug-likeness (QED) is 0.791. The summed E-state index contributed by atoms with van der Waals surface area (Å²) in [5.74, 6) is 0.306. The first-order chi connectivity index (χ1) is 7.75. The number of aromatic hydroxyl groups is 1. The number of hydrogen-bond donors (Lipinski definition) is 1. The van der Waals surface area contributed by atoms with Crippen LogP contribution in [0.2, 0.25) is 0 Å². The second-order valence-electron chi connectivity index (χ2n) is 3.41. The molecule has 2 aromatic carbocycles. The van der Waals surface area contributed by atoms with Crippen LogP contribution >= 0.6 is 0 Å². The van der Waals surface area contributed by atoms with Crippen molar-refractivity contribution in [2.75, 3.05) is 0 Å². The molecule has 0 amide bonds. The molecular formula is C14H14O2. The summed E-state index contributed by atoms with van der Waals surface area (Å²) < 4.78 is 0. The molecule has 0 radical (unpaired) electrons. The van der Waals surface area contributed by atoms with E-state index >= 15 is 0 Å². The zero-order chi connectivity index (χ0) is 12.0. The van der Waals surface area contributed by atoms with Crippen molar-refractivity contribution in [1.82, 2.24) is 0 Å². The van der Waals surface area contributed by atoms with Crippen LogP contribution in [0.3, 0.4) is 0 Å². The third-order valence-corrected chi connectivity index (χ3v) is 2.25. The van der Waals surface area contributed by atoms with Crippen LogP contribution in [0.5, 0.6) is 5.75 Å². The summed E-state index contributed by atoms with van der Waals surface area (Å²) in [5.41, 5.74) is 3.56. The number of rotatable bonds is 1. The zero-order valence-electron chi connectivity index (χ0n) is 9.18. The molecule has 1 N–H and O–H groups in total. The largest absolute Gasteiger partial charge is 0.508 e. The minimum absolute atomic E-state index is 0.306. The molecule has 2 rings (SSSR count). The molecule has 0 fully saturated rings. The second-order valence-corrected chi connectivity index (χ2v) is 3.41. The predicted molar refractivity (Wildman–Crippen MR) is 65.4 cm³/mol. The van der Waals surface area contributed by atoms with Crippen molar-refractivity contribution in [1.29, 1.82) is 0 Å². The van der Waals surface area contributed by atoms with Crippen molar-refractivity contribution in [3.05, 3.63) is 54.1 Å². The van der Waals surface area contributed by atoms with Crippen molar-refractivity contribution in [2.24, 2.45) is 0 Å². The molecule has 16 heavy (non-hydrogen) atoms. The van der Waals surface area contributed by atoms with Gasteiger partial charge in [-0.25, -0.2) is 0 Å². The molecule has 2 aromatic rings. The number of phenols is 1. The normalized spacial score (nSPS) is 9.06. The second kappa shape index (κ2) is 5.71. The monoisotopic (exact) mass is 214 g/mol. The van der Waals surface area contributed by atoms with Crippen LogP contribution in [0.15, 0.2) is 48.5 Å². The molecule has 0 spiro atoms. The highest BCUT2D eigenvalue weighted by Gasteiger charge is 1.96. The fourth-order valence-electron chi connectivity index (χ4n) is 1.40. The Bertz CT molecular complexity index is 386. The first-order valence-electron chi connectivity index (χ1n) is 4.91. The van der Waals surface area contributed by atoms with Gasteiger partial charge in [0.1, 0.15) is 12.5 Å². The lowest BCUT2D eigenvalue weighted by atomic mass is 10.0. The van der Waals surface area contributed by atoms with E-state index in [4.69, 9.17) is 9.90 Å². The van der Waals surface area contributed by atoms with E-state index in [-0.39, 0.29) is 0 Å². The van der Waals surface area contributed by atoms with Gasteiger partial charge in [0.15, 0.2) is 0 Å². The van der Waals surface area contributed by atoms with Crippen molar-refractivity contribution in [3.8, 4) is 16.9 Å². The fraction of sp³-hybridized carbons (Fsp3) is 0.0714. The van der Waals surface area contributed by atoms with E-state index in [1.165, 1.54) is 11.1 Å². The maximum absolute atomic E-state index is 9.15. The minimum atomic E-state index is 0.306. The predicted octanol–water partition coefficient (Wildman–Crippen LogP) is 3.18. The number of carbonyl (C=O) groups excluding carboxylic acids is 1. The number of carbonyl (C=O) groups is 1. The highest BCUT2D eigenvalue weighted by Crippen LogP contribution is 2.21. The molecule has 0 aliphatic heterocycles.